The molecule has 2 aliphatic heterocycles. The summed E-state index contributed by atoms with van der Waals surface area (Å²) in [5.41, 5.74) is -0.308. The number of thioether (sulfide) groups is 1. The highest BCUT2D eigenvalue weighted by Crippen LogP contribution is 2.40. The number of rotatable bonds is 5. The van der Waals surface area contributed by atoms with Gasteiger partial charge in [0.05, 0.1) is 11.2 Å². The Bertz CT molecular complexity index is 733. The lowest BCUT2D eigenvalue weighted by Gasteiger charge is -2.47. The van der Waals surface area contributed by atoms with Crippen LogP contribution < -0.4 is 10.0 Å². The number of nitrogens with one attached hydrogen (secondary N) is 2. The van der Waals surface area contributed by atoms with Gasteiger partial charge in [0.25, 0.3) is 0 Å². The number of carbonyl (C=O) groups is 2. The van der Waals surface area contributed by atoms with Crippen LogP contribution in [-0.2, 0) is 14.8 Å². The maximum Gasteiger partial charge on any atom is 0.326 e. The topological polar surface area (TPSA) is 98.8 Å². The van der Waals surface area contributed by atoms with E-state index in [0.717, 1.165) is 25.3 Å². The molecule has 2 saturated heterocycles. The Labute approximate surface area is 164 Å². The van der Waals surface area contributed by atoms with Crippen LogP contribution >= 0.6 is 11.8 Å². The fourth-order valence-electron chi connectivity index (χ4n) is 4.41. The molecule has 0 radical (unpaired) electrons. The van der Waals surface area contributed by atoms with Crippen LogP contribution in [0.1, 0.15) is 39.0 Å². The van der Waals surface area contributed by atoms with Crippen LogP contribution in [0.2, 0.25) is 0 Å². The van der Waals surface area contributed by atoms with E-state index in [2.05, 4.69) is 10.0 Å². The minimum absolute atomic E-state index is 0.196. The molecule has 0 aromatic rings. The average molecular weight is 417 g/mol. The van der Waals surface area contributed by atoms with Gasteiger partial charge in [0.1, 0.15) is 0 Å². The van der Waals surface area contributed by atoms with E-state index in [1.54, 1.807) is 23.7 Å². The van der Waals surface area contributed by atoms with Crippen molar-refractivity contribution in [1.82, 2.24) is 19.8 Å². The first-order valence-corrected chi connectivity index (χ1v) is 12.2. The Balaban J connectivity index is 1.50. The summed E-state index contributed by atoms with van der Waals surface area (Å²) in [6, 6.07) is -0.447. The van der Waals surface area contributed by atoms with E-state index in [1.165, 1.54) is 4.90 Å². The smallest absolute Gasteiger partial charge is 0.324 e. The molecule has 4 fully saturated rings. The summed E-state index contributed by atoms with van der Waals surface area (Å²) in [4.78, 5) is 28.8. The fourth-order valence-corrected chi connectivity index (χ4v) is 7.34. The van der Waals surface area contributed by atoms with Crippen molar-refractivity contribution in [3.05, 3.63) is 0 Å². The van der Waals surface area contributed by atoms with Crippen LogP contribution in [0.4, 0.5) is 4.79 Å². The Kier molecular flexibility index (Phi) is 4.97. The number of imide groups is 1. The summed E-state index contributed by atoms with van der Waals surface area (Å²) < 4.78 is 28.4. The monoisotopic (exact) mass is 416 g/mol. The lowest BCUT2D eigenvalue weighted by Crippen LogP contribution is -2.63. The number of sulfonamides is 1. The zero-order chi connectivity index (χ0) is 19.4. The molecule has 2 saturated carbocycles. The second-order valence-corrected chi connectivity index (χ2v) is 11.8. The maximum atomic E-state index is 13.1. The molecule has 8 nitrogen and oxygen atoms in total. The number of carbonyl (C=O) groups excluding carboxylic acids is 2. The van der Waals surface area contributed by atoms with Gasteiger partial charge in [-0.25, -0.2) is 17.9 Å². The molecular formula is C17H28N4O4S2. The number of nitrogens with zero attached hydrogens (tertiary/aromatic N) is 2. The van der Waals surface area contributed by atoms with Gasteiger partial charge >= 0.3 is 6.03 Å². The number of fused-ring (bicyclic) bond motifs is 1. The van der Waals surface area contributed by atoms with E-state index < -0.39 is 21.2 Å². The highest BCUT2D eigenvalue weighted by atomic mass is 32.2. The molecule has 3 amide bonds. The highest BCUT2D eigenvalue weighted by molar-refractivity contribution is 8.00. The third-order valence-corrected chi connectivity index (χ3v) is 9.63. The summed E-state index contributed by atoms with van der Waals surface area (Å²) >= 11 is 1.71. The average Bonchev–Trinajstić information content (AvgIpc) is 3.12. The van der Waals surface area contributed by atoms with Crippen LogP contribution in [0.3, 0.4) is 0 Å². The van der Waals surface area contributed by atoms with Crippen LogP contribution in [0.15, 0.2) is 0 Å². The van der Waals surface area contributed by atoms with Crippen molar-refractivity contribution in [3.63, 3.8) is 0 Å². The minimum Gasteiger partial charge on any atom is -0.324 e. The van der Waals surface area contributed by atoms with E-state index in [9.17, 15) is 18.0 Å². The number of amides is 3. The Hall–Kier alpha value is -0.840. The Morgan fingerprint density at radius 3 is 2.67 bits per heavy atom. The molecular weight excluding hydrogens is 388 g/mol. The van der Waals surface area contributed by atoms with Crippen molar-refractivity contribution >= 4 is 33.7 Å². The lowest BCUT2D eigenvalue weighted by atomic mass is 9.81. The van der Waals surface area contributed by atoms with Gasteiger partial charge in [-0.15, -0.1) is 11.8 Å². The maximum absolute atomic E-state index is 13.1. The standard InChI is InChI=1S/C17H28N4O4S2/c1-17(5-6-17)19-27(24,25)12-3-4-14-13(7-12)15(22)21(16(23)20(14)2)9-11-8-18-10-26-11/h11-14,18-19H,3-10H2,1-2H3. The first-order valence-electron chi connectivity index (χ1n) is 9.63. The molecule has 4 unspecified atom stereocenters. The molecule has 10 heteroatoms. The number of hydrogen-bond acceptors (Lipinski definition) is 6. The third-order valence-electron chi connectivity index (χ3n) is 6.39. The first-order chi connectivity index (χ1) is 12.7. The molecule has 2 heterocycles. The molecule has 4 atom stereocenters. The van der Waals surface area contributed by atoms with Gasteiger partial charge in [0.2, 0.25) is 15.9 Å². The molecule has 27 heavy (non-hydrogen) atoms. The van der Waals surface area contributed by atoms with E-state index in [1.807, 2.05) is 6.92 Å². The van der Waals surface area contributed by atoms with Crippen LogP contribution in [0, 0.1) is 5.92 Å². The number of hydrogen-bond donors (Lipinski definition) is 2. The molecule has 4 aliphatic rings. The molecule has 4 rings (SSSR count). The van der Waals surface area contributed by atoms with Crippen LogP contribution in [0.5, 0.6) is 0 Å². The fraction of sp³-hybridized carbons (Fsp3) is 0.882. The van der Waals surface area contributed by atoms with Crippen molar-refractivity contribution in [1.29, 1.82) is 0 Å². The normalized spacial score (nSPS) is 36.1. The molecule has 0 spiro atoms. The molecule has 152 valence electrons. The summed E-state index contributed by atoms with van der Waals surface area (Å²) in [7, 11) is -1.73. The second kappa shape index (κ2) is 6.89. The second-order valence-electron chi connectivity index (χ2n) is 8.55. The zero-order valence-electron chi connectivity index (χ0n) is 15.8. The highest BCUT2D eigenvalue weighted by Gasteiger charge is 2.51. The SMILES string of the molecule is CN1C(=O)N(CC2CNCS2)C(=O)C2CC(S(=O)(=O)NC3(C)CC3)CCC21. The van der Waals surface area contributed by atoms with Gasteiger partial charge < -0.3 is 10.2 Å². The van der Waals surface area contributed by atoms with Crippen molar-refractivity contribution in [2.75, 3.05) is 26.0 Å². The Morgan fingerprint density at radius 1 is 1.30 bits per heavy atom. The molecule has 0 aromatic carbocycles. The van der Waals surface area contributed by atoms with Crippen LogP contribution in [-0.4, -0.2) is 78.3 Å². The third kappa shape index (κ3) is 3.73. The summed E-state index contributed by atoms with van der Waals surface area (Å²) in [5.74, 6) is 0.190. The summed E-state index contributed by atoms with van der Waals surface area (Å²) in [6.07, 6.45) is 3.05. The largest absolute Gasteiger partial charge is 0.326 e. The lowest BCUT2D eigenvalue weighted by molar-refractivity contribution is -0.139. The van der Waals surface area contributed by atoms with Crippen molar-refractivity contribution in [2.24, 2.45) is 5.92 Å². The van der Waals surface area contributed by atoms with Gasteiger partial charge in [-0.1, -0.05) is 0 Å². The molecule has 0 bridgehead atoms. The molecule has 0 aromatic heterocycles. The van der Waals surface area contributed by atoms with Crippen molar-refractivity contribution in [2.45, 2.75) is 61.1 Å². The molecule has 2 aliphatic carbocycles. The predicted molar refractivity (Wildman–Crippen MR) is 104 cm³/mol. The predicted octanol–water partition coefficient (Wildman–Crippen LogP) is 0.552. The van der Waals surface area contributed by atoms with Gasteiger partial charge in [-0.05, 0) is 39.0 Å². The van der Waals surface area contributed by atoms with Crippen molar-refractivity contribution in [3.8, 4) is 0 Å². The minimum atomic E-state index is -3.46. The van der Waals surface area contributed by atoms with Gasteiger partial charge in [0, 0.05) is 42.8 Å². The van der Waals surface area contributed by atoms with Gasteiger partial charge in [0.15, 0.2) is 0 Å². The Morgan fingerprint density at radius 2 is 2.04 bits per heavy atom. The van der Waals surface area contributed by atoms with E-state index in [0.29, 0.717) is 25.8 Å². The van der Waals surface area contributed by atoms with E-state index in [-0.39, 0.29) is 28.8 Å². The summed E-state index contributed by atoms with van der Waals surface area (Å²) in [6.45, 7) is 3.08. The quantitative estimate of drug-likeness (QED) is 0.679. The van der Waals surface area contributed by atoms with Crippen molar-refractivity contribution < 1.29 is 18.0 Å². The van der Waals surface area contributed by atoms with Gasteiger partial charge in [-0.3, -0.25) is 9.69 Å². The van der Waals surface area contributed by atoms with E-state index in [4.69, 9.17) is 0 Å². The summed E-state index contributed by atoms with van der Waals surface area (Å²) in [5, 5.41) is 2.86. The zero-order valence-corrected chi connectivity index (χ0v) is 17.4. The van der Waals surface area contributed by atoms with Crippen LogP contribution in [0.25, 0.3) is 0 Å². The number of urea groups is 1. The van der Waals surface area contributed by atoms with E-state index >= 15 is 0 Å². The molecule has 2 N–H and O–H groups in total. The van der Waals surface area contributed by atoms with Gasteiger partial charge in [-0.2, -0.15) is 0 Å². The first kappa shape index (κ1) is 19.5.